The Kier molecular flexibility index (Phi) is 8.75. The molecule has 166 valence electrons. The molecule has 2 atom stereocenters. The summed E-state index contributed by atoms with van der Waals surface area (Å²) in [5, 5.41) is 12.3. The highest BCUT2D eigenvalue weighted by Crippen LogP contribution is 2.16. The van der Waals surface area contributed by atoms with Crippen molar-refractivity contribution in [2.75, 3.05) is 5.75 Å². The number of carbonyl (C=O) groups excluding carboxylic acids is 1. The van der Waals surface area contributed by atoms with Crippen LogP contribution in [-0.2, 0) is 29.0 Å². The van der Waals surface area contributed by atoms with Gasteiger partial charge < -0.3 is 15.2 Å². The van der Waals surface area contributed by atoms with Crippen molar-refractivity contribution in [2.45, 2.75) is 25.5 Å². The van der Waals surface area contributed by atoms with Crippen molar-refractivity contribution in [1.29, 1.82) is 0 Å². The molecule has 2 N–H and O–H groups in total. The molecule has 0 aliphatic heterocycles. The van der Waals surface area contributed by atoms with Gasteiger partial charge in [-0.2, -0.15) is 12.6 Å². The second-order valence-corrected chi connectivity index (χ2v) is 7.96. The van der Waals surface area contributed by atoms with Crippen molar-refractivity contribution in [3.05, 3.63) is 102 Å². The summed E-state index contributed by atoms with van der Waals surface area (Å²) in [5.41, 5.74) is 2.88. The van der Waals surface area contributed by atoms with Crippen LogP contribution in [0.1, 0.15) is 16.7 Å². The summed E-state index contributed by atoms with van der Waals surface area (Å²) in [6.07, 6.45) is 0.695. The smallest absolute Gasteiger partial charge is 0.326 e. The molecule has 1 unspecified atom stereocenters. The van der Waals surface area contributed by atoms with E-state index in [0.717, 1.165) is 16.7 Å². The lowest BCUT2D eigenvalue weighted by molar-refractivity contribution is -0.142. The highest BCUT2D eigenvalue weighted by molar-refractivity contribution is 7.80. The number of carboxylic acid groups (broad SMARTS) is 1. The van der Waals surface area contributed by atoms with Crippen molar-refractivity contribution in [3.8, 4) is 5.75 Å². The molecule has 0 heterocycles. The lowest BCUT2D eigenvalue weighted by Gasteiger charge is -2.19. The SMILES string of the molecule is O=C(N[C@@H](Cc1ccc(OCc2ccccc2)cc1)C(=O)O)C(CS)Cc1ccccc1. The number of benzene rings is 3. The molecule has 0 aliphatic carbocycles. The Bertz CT molecular complexity index is 993. The van der Waals surface area contributed by atoms with Crippen LogP contribution < -0.4 is 10.1 Å². The molecular weight excluding hydrogens is 422 g/mol. The van der Waals surface area contributed by atoms with E-state index in [1.165, 1.54) is 0 Å². The maximum atomic E-state index is 12.7. The minimum absolute atomic E-state index is 0.185. The summed E-state index contributed by atoms with van der Waals surface area (Å²) in [5.74, 6) is -0.747. The first-order valence-corrected chi connectivity index (χ1v) is 11.1. The lowest BCUT2D eigenvalue weighted by atomic mass is 9.99. The van der Waals surface area contributed by atoms with Crippen molar-refractivity contribution < 1.29 is 19.4 Å². The van der Waals surface area contributed by atoms with Crippen LogP contribution in [0.25, 0.3) is 0 Å². The molecule has 0 radical (unpaired) electrons. The Balaban J connectivity index is 1.57. The zero-order valence-corrected chi connectivity index (χ0v) is 18.6. The number of thiol groups is 1. The van der Waals surface area contributed by atoms with E-state index < -0.39 is 17.9 Å². The molecule has 0 saturated carbocycles. The number of hydrogen-bond acceptors (Lipinski definition) is 4. The molecule has 0 saturated heterocycles. The van der Waals surface area contributed by atoms with Crippen LogP contribution in [0.2, 0.25) is 0 Å². The van der Waals surface area contributed by atoms with Gasteiger partial charge in [-0.05, 0) is 35.2 Å². The monoisotopic (exact) mass is 449 g/mol. The third-order valence-corrected chi connectivity index (χ3v) is 5.58. The highest BCUT2D eigenvalue weighted by atomic mass is 32.1. The number of aliphatic carboxylic acids is 1. The predicted octanol–water partition coefficient (Wildman–Crippen LogP) is 4.17. The maximum absolute atomic E-state index is 12.7. The van der Waals surface area contributed by atoms with Gasteiger partial charge in [0.05, 0.1) is 5.92 Å². The van der Waals surface area contributed by atoms with E-state index in [1.54, 1.807) is 0 Å². The summed E-state index contributed by atoms with van der Waals surface area (Å²) in [6.45, 7) is 0.459. The summed E-state index contributed by atoms with van der Waals surface area (Å²) in [6, 6.07) is 25.7. The Morgan fingerprint density at radius 2 is 1.38 bits per heavy atom. The van der Waals surface area contributed by atoms with Gasteiger partial charge in [0.1, 0.15) is 18.4 Å². The zero-order valence-electron chi connectivity index (χ0n) is 17.7. The van der Waals surface area contributed by atoms with Gasteiger partial charge in [0.15, 0.2) is 0 Å². The number of hydrogen-bond donors (Lipinski definition) is 3. The molecule has 32 heavy (non-hydrogen) atoms. The zero-order chi connectivity index (χ0) is 22.8. The maximum Gasteiger partial charge on any atom is 0.326 e. The number of rotatable bonds is 11. The van der Waals surface area contributed by atoms with Gasteiger partial charge >= 0.3 is 5.97 Å². The Labute approximate surface area is 193 Å². The number of nitrogens with one attached hydrogen (secondary N) is 1. The lowest BCUT2D eigenvalue weighted by Crippen LogP contribution is -2.45. The van der Waals surface area contributed by atoms with Crippen molar-refractivity contribution in [3.63, 3.8) is 0 Å². The molecule has 1 amide bonds. The van der Waals surface area contributed by atoms with Gasteiger partial charge in [0.2, 0.25) is 5.91 Å². The number of carboxylic acids is 1. The standard InChI is InChI=1S/C26H27NO4S/c28-25(22(18-32)15-19-7-3-1-4-8-19)27-24(26(29)30)16-20-11-13-23(14-12-20)31-17-21-9-5-2-6-10-21/h1-14,22,24,32H,15-18H2,(H,27,28)(H,29,30)/t22?,24-/m0/s1. The number of carbonyl (C=O) groups is 2. The molecule has 0 aromatic heterocycles. The fraction of sp³-hybridized carbons (Fsp3) is 0.231. The first-order valence-electron chi connectivity index (χ1n) is 10.5. The van der Waals surface area contributed by atoms with Crippen LogP contribution in [0, 0.1) is 5.92 Å². The van der Waals surface area contributed by atoms with Crippen molar-refractivity contribution >= 4 is 24.5 Å². The minimum atomic E-state index is -1.07. The second kappa shape index (κ2) is 12.0. The Morgan fingerprint density at radius 1 is 0.812 bits per heavy atom. The van der Waals surface area contributed by atoms with Gasteiger partial charge in [-0.1, -0.05) is 72.8 Å². The third-order valence-electron chi connectivity index (χ3n) is 5.14. The van der Waals surface area contributed by atoms with E-state index in [-0.39, 0.29) is 12.3 Å². The third kappa shape index (κ3) is 7.17. The van der Waals surface area contributed by atoms with Gasteiger partial charge in [-0.25, -0.2) is 4.79 Å². The van der Waals surface area contributed by atoms with Crippen LogP contribution in [0.3, 0.4) is 0 Å². The molecule has 5 nitrogen and oxygen atoms in total. The van der Waals surface area contributed by atoms with Crippen LogP contribution in [0.15, 0.2) is 84.9 Å². The normalized spacial score (nSPS) is 12.5. The summed E-state index contributed by atoms with van der Waals surface area (Å²) in [4.78, 5) is 24.5. The van der Waals surface area contributed by atoms with Crippen LogP contribution in [0.4, 0.5) is 0 Å². The molecule has 0 bridgehead atoms. The first kappa shape index (κ1) is 23.4. The predicted molar refractivity (Wildman–Crippen MR) is 128 cm³/mol. The molecule has 6 heteroatoms. The van der Waals surface area contributed by atoms with Crippen LogP contribution >= 0.6 is 12.6 Å². The highest BCUT2D eigenvalue weighted by Gasteiger charge is 2.25. The Morgan fingerprint density at radius 3 is 1.94 bits per heavy atom. The molecule has 3 rings (SSSR count). The van der Waals surface area contributed by atoms with Gasteiger partial charge in [0, 0.05) is 12.2 Å². The van der Waals surface area contributed by atoms with Gasteiger partial charge in [0.25, 0.3) is 0 Å². The fourth-order valence-electron chi connectivity index (χ4n) is 3.33. The summed E-state index contributed by atoms with van der Waals surface area (Å²) >= 11 is 4.29. The van der Waals surface area contributed by atoms with E-state index in [9.17, 15) is 14.7 Å². The summed E-state index contributed by atoms with van der Waals surface area (Å²) in [7, 11) is 0. The van der Waals surface area contributed by atoms with Gasteiger partial charge in [-0.3, -0.25) is 4.79 Å². The number of amides is 1. The quantitative estimate of drug-likeness (QED) is 0.384. The second-order valence-electron chi connectivity index (χ2n) is 7.59. The number of ether oxygens (including phenoxy) is 1. The van der Waals surface area contributed by atoms with E-state index in [1.807, 2.05) is 84.9 Å². The average molecular weight is 450 g/mol. The molecule has 3 aromatic carbocycles. The topological polar surface area (TPSA) is 75.6 Å². The molecule has 0 aliphatic rings. The average Bonchev–Trinajstić information content (AvgIpc) is 2.82. The van der Waals surface area contributed by atoms with Crippen molar-refractivity contribution in [2.24, 2.45) is 5.92 Å². The minimum Gasteiger partial charge on any atom is -0.489 e. The molecule has 3 aromatic rings. The first-order chi connectivity index (χ1) is 15.5. The van der Waals surface area contributed by atoms with Crippen LogP contribution in [0.5, 0.6) is 5.75 Å². The molecular formula is C26H27NO4S. The molecule has 0 fully saturated rings. The summed E-state index contributed by atoms with van der Waals surface area (Å²) < 4.78 is 5.77. The van der Waals surface area contributed by atoms with E-state index in [0.29, 0.717) is 24.5 Å². The van der Waals surface area contributed by atoms with Crippen molar-refractivity contribution in [1.82, 2.24) is 5.32 Å². The van der Waals surface area contributed by atoms with E-state index in [2.05, 4.69) is 17.9 Å². The molecule has 0 spiro atoms. The van der Waals surface area contributed by atoms with E-state index in [4.69, 9.17) is 4.74 Å². The Hall–Kier alpha value is -3.25. The van der Waals surface area contributed by atoms with Gasteiger partial charge in [-0.15, -0.1) is 0 Å². The largest absolute Gasteiger partial charge is 0.489 e. The van der Waals surface area contributed by atoms with Crippen LogP contribution in [-0.4, -0.2) is 28.8 Å². The fourth-order valence-corrected chi connectivity index (χ4v) is 3.62. The van der Waals surface area contributed by atoms with E-state index >= 15 is 0 Å².